The number of aromatic hydroxyl groups is 1. The molecule has 0 aliphatic heterocycles. The van der Waals surface area contributed by atoms with E-state index in [0.717, 1.165) is 0 Å². The summed E-state index contributed by atoms with van der Waals surface area (Å²) in [7, 11) is 0. The molecule has 2 nitrogen and oxygen atoms in total. The molecule has 3 heteroatoms. The van der Waals surface area contributed by atoms with Gasteiger partial charge in [0.05, 0.1) is 6.61 Å². The number of aryl methyl sites for hydroxylation is 1. The minimum Gasteiger partial charge on any atom is -0.508 e. The summed E-state index contributed by atoms with van der Waals surface area (Å²) < 4.78 is 12.8. The molecule has 0 atom stereocenters. The molecule has 1 aromatic rings. The maximum absolute atomic E-state index is 12.8. The van der Waals surface area contributed by atoms with Gasteiger partial charge in [-0.25, -0.2) is 4.39 Å². The standard InChI is InChI=1S/C11H13FO2/c12-10-5-6-11(14)9(8-10)4-2-1-3-7-13/h1,3,5-6,8,13-14H,2,4,7H2. The fourth-order valence-electron chi connectivity index (χ4n) is 1.19. The predicted molar refractivity (Wildman–Crippen MR) is 52.6 cm³/mol. The first-order valence-corrected chi connectivity index (χ1v) is 4.47. The Kier molecular flexibility index (Phi) is 4.13. The van der Waals surface area contributed by atoms with Crippen LogP contribution in [-0.2, 0) is 6.42 Å². The van der Waals surface area contributed by atoms with E-state index in [1.807, 2.05) is 0 Å². The number of phenolic OH excluding ortho intramolecular Hbond substituents is 1. The second-order valence-electron chi connectivity index (χ2n) is 2.97. The smallest absolute Gasteiger partial charge is 0.123 e. The van der Waals surface area contributed by atoms with E-state index in [4.69, 9.17) is 5.11 Å². The fourth-order valence-corrected chi connectivity index (χ4v) is 1.19. The van der Waals surface area contributed by atoms with E-state index in [9.17, 15) is 9.50 Å². The first-order valence-electron chi connectivity index (χ1n) is 4.47. The molecular formula is C11H13FO2. The van der Waals surface area contributed by atoms with E-state index < -0.39 is 0 Å². The quantitative estimate of drug-likeness (QED) is 0.723. The van der Waals surface area contributed by atoms with E-state index in [1.165, 1.54) is 18.2 Å². The number of aliphatic hydroxyl groups excluding tert-OH is 1. The maximum Gasteiger partial charge on any atom is 0.123 e. The Bertz CT molecular complexity index is 321. The molecule has 0 unspecified atom stereocenters. The van der Waals surface area contributed by atoms with Crippen LogP contribution in [0.15, 0.2) is 30.4 Å². The second-order valence-corrected chi connectivity index (χ2v) is 2.97. The average molecular weight is 196 g/mol. The molecule has 76 valence electrons. The molecule has 0 bridgehead atoms. The van der Waals surface area contributed by atoms with Gasteiger partial charge in [-0.3, -0.25) is 0 Å². The van der Waals surface area contributed by atoms with E-state index in [1.54, 1.807) is 12.2 Å². The normalized spacial score (nSPS) is 11.0. The lowest BCUT2D eigenvalue weighted by Gasteiger charge is -2.02. The molecule has 1 rings (SSSR count). The Morgan fingerprint density at radius 1 is 1.29 bits per heavy atom. The van der Waals surface area contributed by atoms with Gasteiger partial charge in [0.1, 0.15) is 11.6 Å². The summed E-state index contributed by atoms with van der Waals surface area (Å²) >= 11 is 0. The Balaban J connectivity index is 2.57. The highest BCUT2D eigenvalue weighted by atomic mass is 19.1. The highest BCUT2D eigenvalue weighted by molar-refractivity contribution is 5.32. The summed E-state index contributed by atoms with van der Waals surface area (Å²) in [5.41, 5.74) is 0.590. The van der Waals surface area contributed by atoms with Gasteiger partial charge >= 0.3 is 0 Å². The lowest BCUT2D eigenvalue weighted by Crippen LogP contribution is -1.86. The van der Waals surface area contributed by atoms with Crippen molar-refractivity contribution in [2.45, 2.75) is 12.8 Å². The van der Waals surface area contributed by atoms with Gasteiger partial charge in [0, 0.05) is 0 Å². The number of allylic oxidation sites excluding steroid dienone is 1. The third kappa shape index (κ3) is 3.18. The predicted octanol–water partition coefficient (Wildman–Crippen LogP) is 2.01. The summed E-state index contributed by atoms with van der Waals surface area (Å²) in [6.45, 7) is 0.00906. The third-order valence-electron chi connectivity index (χ3n) is 1.89. The number of rotatable bonds is 4. The highest BCUT2D eigenvalue weighted by Crippen LogP contribution is 2.19. The van der Waals surface area contributed by atoms with E-state index >= 15 is 0 Å². The zero-order valence-electron chi connectivity index (χ0n) is 7.78. The van der Waals surface area contributed by atoms with Crippen LogP contribution in [0.4, 0.5) is 4.39 Å². The summed E-state index contributed by atoms with van der Waals surface area (Å²) in [6.07, 6.45) is 4.67. The summed E-state index contributed by atoms with van der Waals surface area (Å²) in [5.74, 6) is -0.229. The van der Waals surface area contributed by atoms with Crippen LogP contribution < -0.4 is 0 Å². The van der Waals surface area contributed by atoms with Crippen LogP contribution in [0.3, 0.4) is 0 Å². The molecule has 0 heterocycles. The van der Waals surface area contributed by atoms with Crippen molar-refractivity contribution in [2.75, 3.05) is 6.61 Å². The summed E-state index contributed by atoms with van der Waals surface area (Å²) in [5, 5.41) is 17.8. The molecule has 0 saturated carbocycles. The molecule has 0 amide bonds. The lowest BCUT2D eigenvalue weighted by molar-refractivity contribution is 0.342. The molecule has 0 saturated heterocycles. The molecule has 0 aliphatic rings. The van der Waals surface area contributed by atoms with Crippen molar-refractivity contribution >= 4 is 0 Å². The van der Waals surface area contributed by atoms with Gasteiger partial charge in [0.2, 0.25) is 0 Å². The molecule has 1 aromatic carbocycles. The van der Waals surface area contributed by atoms with Gasteiger partial charge in [-0.05, 0) is 36.6 Å². The molecule has 2 N–H and O–H groups in total. The van der Waals surface area contributed by atoms with E-state index in [0.29, 0.717) is 18.4 Å². The number of halogens is 1. The highest BCUT2D eigenvalue weighted by Gasteiger charge is 2.00. The maximum atomic E-state index is 12.8. The van der Waals surface area contributed by atoms with Crippen LogP contribution in [-0.4, -0.2) is 16.8 Å². The molecule has 14 heavy (non-hydrogen) atoms. The van der Waals surface area contributed by atoms with Gasteiger partial charge < -0.3 is 10.2 Å². The average Bonchev–Trinajstić information content (AvgIpc) is 2.18. The van der Waals surface area contributed by atoms with Gasteiger partial charge in [-0.2, -0.15) is 0 Å². The zero-order valence-corrected chi connectivity index (χ0v) is 7.78. The topological polar surface area (TPSA) is 40.5 Å². The number of hydrogen-bond donors (Lipinski definition) is 2. The van der Waals surface area contributed by atoms with Gasteiger partial charge in [0.25, 0.3) is 0 Å². The minimum absolute atomic E-state index is 0.00906. The second kappa shape index (κ2) is 5.40. The summed E-state index contributed by atoms with van der Waals surface area (Å²) in [4.78, 5) is 0. The molecular weight excluding hydrogens is 183 g/mol. The first kappa shape index (κ1) is 10.7. The number of hydrogen-bond acceptors (Lipinski definition) is 2. The van der Waals surface area contributed by atoms with Crippen LogP contribution in [0.25, 0.3) is 0 Å². The van der Waals surface area contributed by atoms with Crippen LogP contribution in [0.2, 0.25) is 0 Å². The minimum atomic E-state index is -0.344. The molecule has 0 aliphatic carbocycles. The van der Waals surface area contributed by atoms with Crippen LogP contribution in [0.5, 0.6) is 5.75 Å². The van der Waals surface area contributed by atoms with Crippen LogP contribution in [0.1, 0.15) is 12.0 Å². The largest absolute Gasteiger partial charge is 0.508 e. The van der Waals surface area contributed by atoms with Gasteiger partial charge in [0.15, 0.2) is 0 Å². The van der Waals surface area contributed by atoms with Crippen molar-refractivity contribution in [2.24, 2.45) is 0 Å². The zero-order chi connectivity index (χ0) is 10.4. The monoisotopic (exact) mass is 196 g/mol. The van der Waals surface area contributed by atoms with Crippen molar-refractivity contribution in [1.82, 2.24) is 0 Å². The van der Waals surface area contributed by atoms with Gasteiger partial charge in [-0.1, -0.05) is 12.2 Å². The van der Waals surface area contributed by atoms with E-state index in [-0.39, 0.29) is 18.2 Å². The van der Waals surface area contributed by atoms with Crippen LogP contribution >= 0.6 is 0 Å². The SMILES string of the molecule is OCC=CCCc1cc(F)ccc1O. The van der Waals surface area contributed by atoms with Crippen molar-refractivity contribution in [3.05, 3.63) is 41.7 Å². The Labute approximate surface area is 82.3 Å². The van der Waals surface area contributed by atoms with Crippen LogP contribution in [0, 0.1) is 5.82 Å². The summed E-state index contributed by atoms with van der Waals surface area (Å²) in [6, 6.07) is 3.89. The lowest BCUT2D eigenvalue weighted by atomic mass is 10.1. The third-order valence-corrected chi connectivity index (χ3v) is 1.89. The molecule has 0 aromatic heterocycles. The molecule has 0 fully saturated rings. The molecule has 0 radical (unpaired) electrons. The van der Waals surface area contributed by atoms with Gasteiger partial charge in [-0.15, -0.1) is 0 Å². The van der Waals surface area contributed by atoms with Crippen molar-refractivity contribution in [1.29, 1.82) is 0 Å². The van der Waals surface area contributed by atoms with Crippen molar-refractivity contribution in [3.8, 4) is 5.75 Å². The number of benzene rings is 1. The Hall–Kier alpha value is -1.35. The Morgan fingerprint density at radius 2 is 2.07 bits per heavy atom. The fraction of sp³-hybridized carbons (Fsp3) is 0.273. The van der Waals surface area contributed by atoms with Crippen molar-refractivity contribution in [3.63, 3.8) is 0 Å². The number of aliphatic hydroxyl groups is 1. The van der Waals surface area contributed by atoms with E-state index in [2.05, 4.69) is 0 Å². The molecule has 0 spiro atoms. The Morgan fingerprint density at radius 3 is 2.79 bits per heavy atom. The first-order chi connectivity index (χ1) is 6.74. The van der Waals surface area contributed by atoms with Crippen molar-refractivity contribution < 1.29 is 14.6 Å². The number of phenols is 1.